The zero-order valence-corrected chi connectivity index (χ0v) is 43.1. The van der Waals surface area contributed by atoms with Crippen LogP contribution in [-0.2, 0) is 56.1 Å². The van der Waals surface area contributed by atoms with E-state index in [0.29, 0.717) is 61.5 Å². The van der Waals surface area contributed by atoms with E-state index in [-0.39, 0.29) is 72.7 Å². The maximum absolute atomic E-state index is 15.5. The maximum Gasteiger partial charge on any atom is 0.340 e. The lowest BCUT2D eigenvalue weighted by Gasteiger charge is -2.47. The van der Waals surface area contributed by atoms with Gasteiger partial charge >= 0.3 is 17.6 Å². The first-order valence-electron chi connectivity index (χ1n) is 26.6. The van der Waals surface area contributed by atoms with E-state index in [9.17, 15) is 15.0 Å². The van der Waals surface area contributed by atoms with E-state index in [2.05, 4.69) is 103 Å². The Bertz CT molecular complexity index is 3240. The van der Waals surface area contributed by atoms with Crippen molar-refractivity contribution in [1.82, 2.24) is 0 Å². The van der Waals surface area contributed by atoms with Crippen LogP contribution in [0, 0.1) is 17.8 Å². The summed E-state index contributed by atoms with van der Waals surface area (Å²) in [6.45, 7) is 3.14. The number of rotatable bonds is 13. The largest absolute Gasteiger partial charge is 0.482 e. The van der Waals surface area contributed by atoms with Crippen molar-refractivity contribution in [1.29, 1.82) is 0 Å². The lowest BCUT2D eigenvalue weighted by atomic mass is 9.71. The average molecular weight is 1010 g/mol. The highest BCUT2D eigenvalue weighted by molar-refractivity contribution is 5.90. The summed E-state index contributed by atoms with van der Waals surface area (Å²) >= 11 is 0. The number of hydrogen-bond acceptors (Lipinski definition) is 10. The fourth-order valence-electron chi connectivity index (χ4n) is 12.2. The summed E-state index contributed by atoms with van der Waals surface area (Å²) in [5.41, 5.74) is 7.96. The summed E-state index contributed by atoms with van der Waals surface area (Å²) in [7, 11) is 1.51. The first-order valence-corrected chi connectivity index (χ1v) is 26.6. The van der Waals surface area contributed by atoms with Crippen molar-refractivity contribution in [2.45, 2.75) is 127 Å². The maximum atomic E-state index is 15.5. The van der Waals surface area contributed by atoms with Crippen LogP contribution in [0.25, 0.3) is 11.0 Å². The number of carbonyl (C=O) groups is 2. The highest BCUT2D eigenvalue weighted by Crippen LogP contribution is 2.52. The predicted molar refractivity (Wildman–Crippen MR) is 288 cm³/mol. The number of aliphatic hydroxyl groups is 2. The van der Waals surface area contributed by atoms with Crippen LogP contribution in [-0.4, -0.2) is 54.2 Å². The zero-order chi connectivity index (χ0) is 52.1. The Hall–Kier alpha value is -7.03. The minimum absolute atomic E-state index is 0.0103. The summed E-state index contributed by atoms with van der Waals surface area (Å²) in [6, 6.07) is 39.4. The van der Waals surface area contributed by atoms with Gasteiger partial charge in [-0.3, -0.25) is 4.79 Å². The quantitative estimate of drug-likeness (QED) is 0.0377. The van der Waals surface area contributed by atoms with Gasteiger partial charge in [-0.15, -0.1) is 0 Å². The lowest BCUT2D eigenvalue weighted by Crippen LogP contribution is -2.56. The number of allylic oxidation sites excluding steroid dienone is 3. The molecular weight excluding hydrogens is 941 g/mol. The van der Waals surface area contributed by atoms with Gasteiger partial charge in [-0.2, -0.15) is 0 Å². The Morgan fingerprint density at radius 2 is 1.63 bits per heavy atom. The van der Waals surface area contributed by atoms with E-state index in [0.717, 1.165) is 34.2 Å². The van der Waals surface area contributed by atoms with Crippen LogP contribution in [0.15, 0.2) is 148 Å². The van der Waals surface area contributed by atoms with E-state index in [1.165, 1.54) is 23.8 Å². The van der Waals surface area contributed by atoms with Crippen molar-refractivity contribution in [3.63, 3.8) is 0 Å². The summed E-state index contributed by atoms with van der Waals surface area (Å²) in [4.78, 5) is 45.0. The van der Waals surface area contributed by atoms with Crippen molar-refractivity contribution in [2.24, 2.45) is 5.92 Å². The summed E-state index contributed by atoms with van der Waals surface area (Å²) in [5.74, 6) is 5.34. The zero-order valence-electron chi connectivity index (χ0n) is 43.1. The van der Waals surface area contributed by atoms with Gasteiger partial charge in [0.05, 0.1) is 25.2 Å². The molecule has 0 saturated heterocycles. The van der Waals surface area contributed by atoms with Gasteiger partial charge in [0, 0.05) is 60.8 Å². The Labute approximate surface area is 439 Å². The molecule has 1 aliphatic carbocycles. The average Bonchev–Trinajstić information content (AvgIpc) is 3.43. The molecule has 0 radical (unpaired) electrons. The van der Waals surface area contributed by atoms with Gasteiger partial charge in [0.15, 0.2) is 17.8 Å². The molecule has 6 aromatic rings. The second kappa shape index (κ2) is 22.8. The van der Waals surface area contributed by atoms with Gasteiger partial charge in [0.2, 0.25) is 0 Å². The van der Waals surface area contributed by atoms with Crippen molar-refractivity contribution in [2.75, 3.05) is 20.3 Å². The number of hydrogen-bond donors (Lipinski definition) is 2. The van der Waals surface area contributed by atoms with Crippen molar-refractivity contribution < 1.29 is 43.2 Å². The number of esters is 2. The number of fused-ring (bicyclic) bond motifs is 9. The number of benzene rings is 5. The van der Waals surface area contributed by atoms with E-state index in [4.69, 9.17) is 23.4 Å². The third-order valence-electron chi connectivity index (χ3n) is 16.0. The molecule has 1 aromatic heterocycles. The van der Waals surface area contributed by atoms with Crippen LogP contribution in [0.5, 0.6) is 5.75 Å². The second-order valence-electron chi connectivity index (χ2n) is 21.0. The molecule has 2 N–H and O–H groups in total. The monoisotopic (exact) mass is 1010 g/mol. The summed E-state index contributed by atoms with van der Waals surface area (Å²) in [6.07, 6.45) is 6.82. The van der Waals surface area contributed by atoms with Gasteiger partial charge in [0.1, 0.15) is 11.3 Å². The third-order valence-corrected chi connectivity index (χ3v) is 16.0. The fourth-order valence-corrected chi connectivity index (χ4v) is 12.2. The minimum atomic E-state index is -1.36. The number of carbonyl (C=O) groups excluding carboxylic acids is 2. The summed E-state index contributed by atoms with van der Waals surface area (Å²) in [5, 5.41) is 21.6. The molecule has 0 spiro atoms. The van der Waals surface area contributed by atoms with E-state index < -0.39 is 47.9 Å². The first kappa shape index (κ1) is 51.5. The molecule has 0 saturated carbocycles. The smallest absolute Gasteiger partial charge is 0.340 e. The van der Waals surface area contributed by atoms with Crippen molar-refractivity contribution >= 4 is 22.9 Å². The molecule has 10 heteroatoms. The van der Waals surface area contributed by atoms with Crippen molar-refractivity contribution in [3.05, 3.63) is 205 Å². The molecule has 0 amide bonds. The normalized spacial score (nSPS) is 22.6. The van der Waals surface area contributed by atoms with E-state index in [1.807, 2.05) is 38.1 Å². The fraction of sp³-hybridized carbons (Fsp3) is 0.369. The van der Waals surface area contributed by atoms with E-state index >= 15 is 9.59 Å². The van der Waals surface area contributed by atoms with Crippen LogP contribution < -0.4 is 10.4 Å². The molecule has 75 heavy (non-hydrogen) atoms. The molecule has 4 heterocycles. The van der Waals surface area contributed by atoms with Gasteiger partial charge in [0.25, 0.3) is 0 Å². The lowest BCUT2D eigenvalue weighted by molar-refractivity contribution is -0.194. The number of ether oxygens (including phenoxy) is 4. The molecule has 7 unspecified atom stereocenters. The van der Waals surface area contributed by atoms with Crippen LogP contribution in [0.2, 0.25) is 0 Å². The van der Waals surface area contributed by atoms with Gasteiger partial charge in [-0.1, -0.05) is 133 Å². The topological polar surface area (TPSA) is 142 Å². The Morgan fingerprint density at radius 3 is 2.39 bits per heavy atom. The van der Waals surface area contributed by atoms with Crippen LogP contribution in [0.1, 0.15) is 138 Å². The van der Waals surface area contributed by atoms with Gasteiger partial charge in [-0.25, -0.2) is 9.59 Å². The molecule has 4 aliphatic rings. The Kier molecular flexibility index (Phi) is 15.7. The number of aryl methyl sites for hydroxylation is 2. The molecular formula is C65H66O10. The van der Waals surface area contributed by atoms with Crippen LogP contribution in [0.4, 0.5) is 0 Å². The van der Waals surface area contributed by atoms with Crippen LogP contribution >= 0.6 is 0 Å². The molecule has 0 fully saturated rings. The molecule has 7 atom stereocenters. The van der Waals surface area contributed by atoms with Crippen molar-refractivity contribution in [3.8, 4) is 17.6 Å². The first-order chi connectivity index (χ1) is 36.6. The molecule has 5 bridgehead atoms. The number of methoxy groups -OCH3 is 1. The van der Waals surface area contributed by atoms with E-state index in [1.54, 1.807) is 12.1 Å². The molecule has 3 aliphatic heterocycles. The summed E-state index contributed by atoms with van der Waals surface area (Å²) < 4.78 is 33.0. The molecule has 386 valence electrons. The minimum Gasteiger partial charge on any atom is -0.482 e. The van der Waals surface area contributed by atoms with Gasteiger partial charge < -0.3 is 33.6 Å². The van der Waals surface area contributed by atoms with Crippen LogP contribution in [0.3, 0.4) is 0 Å². The highest BCUT2D eigenvalue weighted by atomic mass is 16.6. The molecule has 5 aromatic carbocycles. The predicted octanol–water partition coefficient (Wildman–Crippen LogP) is 11.4. The molecule has 10 nitrogen and oxygen atoms in total. The SMILES string of the molecule is COCC(CCO)c1c(CO)c2ccc3c(c2oc1=O)C1OC(=O)CC2CC(c4cccc(Cc5ccccc5)c4)C=CC2c2ccc4cc2CC#CCC(CCCc2ccccc2)(O3)C1OC(=O)C(=C(C)C)CC4. The Morgan fingerprint density at radius 1 is 0.840 bits per heavy atom. The molecule has 10 rings (SSSR count). The third kappa shape index (κ3) is 10.9. The number of aliphatic hydroxyl groups excluding tert-OH is 2. The second-order valence-corrected chi connectivity index (χ2v) is 21.0. The standard InChI is InChI=1S/C65H66O10/c1-41(2)51-25-22-44-23-26-52-48(35-44)20-10-11-31-65(32-13-19-42-14-6-4-7-15-42)62(74-63(51)69)61(59-56(75-65)29-28-54-55(39-67)58(64(70)73-60(54)59)49(30-33-66)40-71-3)72-57(68)38-50-37-47(24-27-53(50)52)46-21-12-18-45(36-46)34-43-16-8-5-9-17-43/h4-9,12,14-18,21,23-24,26-29,35-36,47,49-50,53,61-62,66-67H,13,19-20,22,25,30-34,37-40H2,1-3H3. The van der Waals surface area contributed by atoms with Gasteiger partial charge in [-0.05, 0) is 128 Å². The Balaban J connectivity index is 1.16. The highest BCUT2D eigenvalue weighted by Gasteiger charge is 2.55.